The second-order valence-electron chi connectivity index (χ2n) is 4.54. The Morgan fingerprint density at radius 3 is 1.54 bits per heavy atom. The van der Waals surface area contributed by atoms with E-state index in [4.69, 9.17) is 4.74 Å². The lowest BCUT2D eigenvalue weighted by Gasteiger charge is -2.20. The second-order valence-corrected chi connectivity index (χ2v) is 4.54. The molecular weight excluding hydrogens is 336 g/mol. The number of hydrogen-bond acceptors (Lipinski definition) is 5. The van der Waals surface area contributed by atoms with Gasteiger partial charge in [0.25, 0.3) is 0 Å². The molecule has 0 atom stereocenters. The summed E-state index contributed by atoms with van der Waals surface area (Å²) in [5.74, 6) is -12.6. The highest BCUT2D eigenvalue weighted by molar-refractivity contribution is 5.81. The number of rotatable bonds is 7. The van der Waals surface area contributed by atoms with E-state index in [9.17, 15) is 27.2 Å². The van der Waals surface area contributed by atoms with Crippen molar-refractivity contribution in [3.05, 3.63) is 29.3 Å². The van der Waals surface area contributed by atoms with Gasteiger partial charge in [0.15, 0.2) is 0 Å². The molecule has 134 valence electrons. The summed E-state index contributed by atoms with van der Waals surface area (Å²) < 4.78 is 69.5. The molecule has 9 heteroatoms. The van der Waals surface area contributed by atoms with Gasteiger partial charge < -0.3 is 14.2 Å². The van der Waals surface area contributed by atoms with Crippen LogP contribution in [0.15, 0.2) is 18.2 Å². The molecule has 0 N–H and O–H groups in total. The Morgan fingerprint density at radius 1 is 0.875 bits per heavy atom. The third-order valence-corrected chi connectivity index (χ3v) is 2.93. The van der Waals surface area contributed by atoms with Crippen LogP contribution in [0.25, 0.3) is 0 Å². The van der Waals surface area contributed by atoms with Gasteiger partial charge >= 0.3 is 23.8 Å². The van der Waals surface area contributed by atoms with Crippen molar-refractivity contribution < 1.29 is 41.4 Å². The fourth-order valence-corrected chi connectivity index (χ4v) is 1.76. The van der Waals surface area contributed by atoms with Crippen LogP contribution in [0.4, 0.5) is 17.6 Å². The molecule has 0 aromatic heterocycles. The van der Waals surface area contributed by atoms with Gasteiger partial charge in [-0.15, -0.1) is 0 Å². The summed E-state index contributed by atoms with van der Waals surface area (Å²) in [7, 11) is 1.06. The molecule has 1 aromatic rings. The molecule has 24 heavy (non-hydrogen) atoms. The normalized spacial score (nSPS) is 11.8. The van der Waals surface area contributed by atoms with E-state index >= 15 is 0 Å². The highest BCUT2D eigenvalue weighted by atomic mass is 19.3. The highest BCUT2D eigenvalue weighted by Crippen LogP contribution is 2.38. The van der Waals surface area contributed by atoms with Crippen LogP contribution in [0.5, 0.6) is 5.75 Å². The predicted octanol–water partition coefficient (Wildman–Crippen LogP) is 3.01. The Hall–Kier alpha value is -2.32. The molecule has 1 rings (SSSR count). The van der Waals surface area contributed by atoms with Gasteiger partial charge in [-0.05, 0) is 32.0 Å². The maximum Gasteiger partial charge on any atom is 0.381 e. The van der Waals surface area contributed by atoms with Crippen LogP contribution in [0, 0.1) is 0 Å². The summed E-state index contributed by atoms with van der Waals surface area (Å²) in [6, 6.07) is 1.76. The molecule has 1 aromatic carbocycles. The maximum atomic E-state index is 14.1. The number of esters is 2. The molecule has 5 nitrogen and oxygen atoms in total. The average Bonchev–Trinajstić information content (AvgIpc) is 2.54. The lowest BCUT2D eigenvalue weighted by Crippen LogP contribution is -2.31. The predicted molar refractivity (Wildman–Crippen MR) is 74.0 cm³/mol. The zero-order valence-electron chi connectivity index (χ0n) is 13.2. The molecule has 0 aliphatic heterocycles. The van der Waals surface area contributed by atoms with Crippen LogP contribution in [0.3, 0.4) is 0 Å². The maximum absolute atomic E-state index is 14.1. The number of alkyl halides is 4. The van der Waals surface area contributed by atoms with Crippen LogP contribution < -0.4 is 4.74 Å². The molecule has 0 radical (unpaired) electrons. The van der Waals surface area contributed by atoms with Gasteiger partial charge in [0.1, 0.15) is 5.75 Å². The van der Waals surface area contributed by atoms with E-state index in [0.29, 0.717) is 18.2 Å². The first-order chi connectivity index (χ1) is 11.1. The van der Waals surface area contributed by atoms with Gasteiger partial charge in [0.05, 0.1) is 20.3 Å². The van der Waals surface area contributed by atoms with E-state index in [1.807, 2.05) is 0 Å². The van der Waals surface area contributed by atoms with Crippen molar-refractivity contribution in [1.82, 2.24) is 0 Å². The number of hydrogen-bond donors (Lipinski definition) is 0. The smallest absolute Gasteiger partial charge is 0.381 e. The number of carbonyl (C=O) groups excluding carboxylic acids is 2. The van der Waals surface area contributed by atoms with E-state index in [1.165, 1.54) is 13.8 Å². The van der Waals surface area contributed by atoms with Crippen LogP contribution in [0.1, 0.15) is 25.0 Å². The van der Waals surface area contributed by atoms with Crippen molar-refractivity contribution in [3.63, 3.8) is 0 Å². The third kappa shape index (κ3) is 3.95. The Morgan fingerprint density at radius 2 is 1.25 bits per heavy atom. The largest absolute Gasteiger partial charge is 0.497 e. The Kier molecular flexibility index (Phi) is 6.16. The summed E-state index contributed by atoms with van der Waals surface area (Å²) in [6.45, 7) is 2.01. The first-order valence-electron chi connectivity index (χ1n) is 6.91. The standard InChI is InChI=1S/C15H16F4O5/c1-4-23-12(20)14(16,17)9-6-10(8-11(7-9)22-3)15(18,19)13(21)24-5-2/h6-8H,4-5H2,1-3H3. The van der Waals surface area contributed by atoms with Crippen molar-refractivity contribution in [2.75, 3.05) is 20.3 Å². The van der Waals surface area contributed by atoms with Crippen molar-refractivity contribution in [3.8, 4) is 5.75 Å². The first-order valence-corrected chi connectivity index (χ1v) is 6.91. The molecule has 0 aliphatic rings. The van der Waals surface area contributed by atoms with Gasteiger partial charge in [-0.2, -0.15) is 17.6 Å². The minimum atomic E-state index is -4.19. The van der Waals surface area contributed by atoms with Crippen LogP contribution in [-0.2, 0) is 30.9 Å². The van der Waals surface area contributed by atoms with Gasteiger partial charge in [-0.1, -0.05) is 0 Å². The summed E-state index contributed by atoms with van der Waals surface area (Å²) in [6.07, 6.45) is 0. The lowest BCUT2D eigenvalue weighted by molar-refractivity contribution is -0.173. The summed E-state index contributed by atoms with van der Waals surface area (Å²) >= 11 is 0. The van der Waals surface area contributed by atoms with Gasteiger partial charge in [0.2, 0.25) is 0 Å². The Labute approximate surface area is 135 Å². The summed E-state index contributed by atoms with van der Waals surface area (Å²) in [4.78, 5) is 22.7. The Balaban J connectivity index is 3.41. The fourth-order valence-electron chi connectivity index (χ4n) is 1.76. The number of carbonyl (C=O) groups is 2. The van der Waals surface area contributed by atoms with E-state index < -0.39 is 34.9 Å². The molecule has 0 saturated carbocycles. The Bertz CT molecular complexity index is 568. The van der Waals surface area contributed by atoms with Crippen LogP contribution >= 0.6 is 0 Å². The van der Waals surface area contributed by atoms with E-state index in [-0.39, 0.29) is 19.0 Å². The van der Waals surface area contributed by atoms with Crippen molar-refractivity contribution in [1.29, 1.82) is 0 Å². The topological polar surface area (TPSA) is 61.8 Å². The second kappa shape index (κ2) is 7.50. The van der Waals surface area contributed by atoms with E-state index in [2.05, 4.69) is 9.47 Å². The first kappa shape index (κ1) is 19.7. The summed E-state index contributed by atoms with van der Waals surface area (Å²) in [5.41, 5.74) is -2.17. The quantitative estimate of drug-likeness (QED) is 0.558. The molecule has 0 spiro atoms. The average molecular weight is 352 g/mol. The SMILES string of the molecule is CCOC(=O)C(F)(F)c1cc(OC)cc(C(F)(F)C(=O)OCC)c1. The monoisotopic (exact) mass is 352 g/mol. The minimum Gasteiger partial charge on any atom is -0.497 e. The fraction of sp³-hybridized carbons (Fsp3) is 0.467. The highest BCUT2D eigenvalue weighted by Gasteiger charge is 2.47. The molecule has 0 bridgehead atoms. The van der Waals surface area contributed by atoms with E-state index in [0.717, 1.165) is 7.11 Å². The van der Waals surface area contributed by atoms with Crippen molar-refractivity contribution in [2.45, 2.75) is 25.7 Å². The molecule has 0 unspecified atom stereocenters. The zero-order chi connectivity index (χ0) is 18.5. The minimum absolute atomic E-state index is 0.315. The van der Waals surface area contributed by atoms with Gasteiger partial charge in [-0.25, -0.2) is 9.59 Å². The molecule has 0 fully saturated rings. The lowest BCUT2D eigenvalue weighted by atomic mass is 10.0. The molecular formula is C15H16F4O5. The zero-order valence-corrected chi connectivity index (χ0v) is 13.2. The number of ether oxygens (including phenoxy) is 3. The third-order valence-electron chi connectivity index (χ3n) is 2.93. The van der Waals surface area contributed by atoms with Crippen LogP contribution in [0.2, 0.25) is 0 Å². The van der Waals surface area contributed by atoms with Gasteiger partial charge in [-0.3, -0.25) is 0 Å². The molecule has 0 amide bonds. The van der Waals surface area contributed by atoms with Crippen LogP contribution in [-0.4, -0.2) is 32.3 Å². The number of methoxy groups -OCH3 is 1. The van der Waals surface area contributed by atoms with Crippen molar-refractivity contribution in [2.24, 2.45) is 0 Å². The van der Waals surface area contributed by atoms with E-state index in [1.54, 1.807) is 0 Å². The molecule has 0 saturated heterocycles. The summed E-state index contributed by atoms with van der Waals surface area (Å²) in [5, 5.41) is 0. The number of benzene rings is 1. The molecule has 0 aliphatic carbocycles. The number of halogens is 4. The van der Waals surface area contributed by atoms with Gasteiger partial charge in [0, 0.05) is 11.1 Å². The van der Waals surface area contributed by atoms with Crippen molar-refractivity contribution >= 4 is 11.9 Å². The molecule has 0 heterocycles.